The quantitative estimate of drug-likeness (QED) is 0.900. The molecule has 2 aromatic carbocycles. The zero-order valence-corrected chi connectivity index (χ0v) is 12.2. The summed E-state index contributed by atoms with van der Waals surface area (Å²) in [5.41, 5.74) is 2.90. The SMILES string of the molecule is Cc1ccc(NC(=O)CNc2ccc(Br)cc2)cc1. The highest BCUT2D eigenvalue weighted by Gasteiger charge is 2.01. The molecule has 0 bridgehead atoms. The molecule has 0 aliphatic carbocycles. The Kier molecular flexibility index (Phi) is 4.58. The van der Waals surface area contributed by atoms with Crippen LogP contribution in [0.1, 0.15) is 5.56 Å². The van der Waals surface area contributed by atoms with Crippen molar-refractivity contribution in [1.82, 2.24) is 0 Å². The smallest absolute Gasteiger partial charge is 0.243 e. The van der Waals surface area contributed by atoms with E-state index in [1.807, 2.05) is 55.5 Å². The van der Waals surface area contributed by atoms with E-state index in [-0.39, 0.29) is 12.5 Å². The number of amides is 1. The van der Waals surface area contributed by atoms with Crippen molar-refractivity contribution in [2.24, 2.45) is 0 Å². The number of nitrogens with one attached hydrogen (secondary N) is 2. The lowest BCUT2D eigenvalue weighted by atomic mass is 10.2. The molecule has 3 nitrogen and oxygen atoms in total. The molecule has 0 heterocycles. The van der Waals surface area contributed by atoms with Crippen LogP contribution in [0, 0.1) is 6.92 Å². The van der Waals surface area contributed by atoms with Gasteiger partial charge in [0.25, 0.3) is 0 Å². The first kappa shape index (κ1) is 13.6. The first-order valence-electron chi connectivity index (χ1n) is 5.99. The molecule has 0 fully saturated rings. The van der Waals surface area contributed by atoms with Gasteiger partial charge in [0.1, 0.15) is 0 Å². The van der Waals surface area contributed by atoms with Crippen molar-refractivity contribution in [1.29, 1.82) is 0 Å². The molecule has 0 spiro atoms. The van der Waals surface area contributed by atoms with E-state index in [9.17, 15) is 4.79 Å². The van der Waals surface area contributed by atoms with Crippen LogP contribution in [0.25, 0.3) is 0 Å². The van der Waals surface area contributed by atoms with Crippen molar-refractivity contribution in [2.75, 3.05) is 17.2 Å². The minimum absolute atomic E-state index is 0.0632. The molecule has 1 amide bonds. The van der Waals surface area contributed by atoms with Crippen molar-refractivity contribution in [3.05, 3.63) is 58.6 Å². The number of benzene rings is 2. The van der Waals surface area contributed by atoms with E-state index in [1.54, 1.807) is 0 Å². The highest BCUT2D eigenvalue weighted by atomic mass is 79.9. The Bertz CT molecular complexity index is 549. The lowest BCUT2D eigenvalue weighted by molar-refractivity contribution is -0.114. The molecule has 98 valence electrons. The topological polar surface area (TPSA) is 41.1 Å². The summed E-state index contributed by atoms with van der Waals surface area (Å²) in [6.07, 6.45) is 0. The van der Waals surface area contributed by atoms with Gasteiger partial charge >= 0.3 is 0 Å². The maximum absolute atomic E-state index is 11.8. The van der Waals surface area contributed by atoms with E-state index in [0.717, 1.165) is 15.8 Å². The third-order valence-corrected chi connectivity index (χ3v) is 3.16. The largest absolute Gasteiger partial charge is 0.376 e. The predicted molar refractivity (Wildman–Crippen MR) is 82.4 cm³/mol. The summed E-state index contributed by atoms with van der Waals surface area (Å²) >= 11 is 3.37. The molecule has 0 saturated heterocycles. The zero-order valence-electron chi connectivity index (χ0n) is 10.6. The van der Waals surface area contributed by atoms with Gasteiger partial charge in [0, 0.05) is 15.8 Å². The molecule has 2 aromatic rings. The Hall–Kier alpha value is -1.81. The molecule has 2 rings (SSSR count). The molecular formula is C15H15BrN2O. The van der Waals surface area contributed by atoms with Gasteiger partial charge in [0.05, 0.1) is 6.54 Å². The fourth-order valence-electron chi connectivity index (χ4n) is 1.59. The van der Waals surface area contributed by atoms with Crippen LogP contribution in [0.5, 0.6) is 0 Å². The number of rotatable bonds is 4. The number of halogens is 1. The van der Waals surface area contributed by atoms with Crippen LogP contribution in [-0.2, 0) is 4.79 Å². The van der Waals surface area contributed by atoms with Gasteiger partial charge in [-0.3, -0.25) is 4.79 Å². The summed E-state index contributed by atoms with van der Waals surface area (Å²) in [6, 6.07) is 15.4. The van der Waals surface area contributed by atoms with E-state index >= 15 is 0 Å². The van der Waals surface area contributed by atoms with Gasteiger partial charge in [0.2, 0.25) is 5.91 Å². The molecule has 0 saturated carbocycles. The van der Waals surface area contributed by atoms with E-state index in [4.69, 9.17) is 0 Å². The Labute approximate surface area is 121 Å². The van der Waals surface area contributed by atoms with Gasteiger partial charge in [-0.15, -0.1) is 0 Å². The minimum Gasteiger partial charge on any atom is -0.376 e. The van der Waals surface area contributed by atoms with Crippen LogP contribution in [0.3, 0.4) is 0 Å². The lowest BCUT2D eigenvalue weighted by Crippen LogP contribution is -2.21. The fourth-order valence-corrected chi connectivity index (χ4v) is 1.86. The first-order chi connectivity index (χ1) is 9.13. The Morgan fingerprint density at radius 3 is 2.21 bits per heavy atom. The molecule has 4 heteroatoms. The highest BCUT2D eigenvalue weighted by Crippen LogP contribution is 2.14. The minimum atomic E-state index is -0.0632. The average molecular weight is 319 g/mol. The summed E-state index contributed by atoms with van der Waals surface area (Å²) in [4.78, 5) is 11.8. The lowest BCUT2D eigenvalue weighted by Gasteiger charge is -2.08. The highest BCUT2D eigenvalue weighted by molar-refractivity contribution is 9.10. The molecule has 0 aliphatic heterocycles. The number of carbonyl (C=O) groups excluding carboxylic acids is 1. The van der Waals surface area contributed by atoms with Crippen molar-refractivity contribution < 1.29 is 4.79 Å². The summed E-state index contributed by atoms with van der Waals surface area (Å²) in [5, 5.41) is 5.91. The number of aryl methyl sites for hydroxylation is 1. The molecule has 0 unspecified atom stereocenters. The molecule has 0 aliphatic rings. The number of hydrogen-bond acceptors (Lipinski definition) is 2. The summed E-state index contributed by atoms with van der Waals surface area (Å²) in [6.45, 7) is 2.26. The van der Waals surface area contributed by atoms with E-state index in [0.29, 0.717) is 0 Å². The fraction of sp³-hybridized carbons (Fsp3) is 0.133. The third kappa shape index (κ3) is 4.41. The van der Waals surface area contributed by atoms with Crippen molar-refractivity contribution >= 4 is 33.2 Å². The molecule has 0 radical (unpaired) electrons. The van der Waals surface area contributed by atoms with Gasteiger partial charge in [-0.1, -0.05) is 33.6 Å². The van der Waals surface area contributed by atoms with Crippen LogP contribution in [-0.4, -0.2) is 12.5 Å². The van der Waals surface area contributed by atoms with E-state index in [1.165, 1.54) is 5.56 Å². The van der Waals surface area contributed by atoms with E-state index in [2.05, 4.69) is 26.6 Å². The van der Waals surface area contributed by atoms with Crippen molar-refractivity contribution in [2.45, 2.75) is 6.92 Å². The van der Waals surface area contributed by atoms with Gasteiger partial charge in [-0.2, -0.15) is 0 Å². The number of carbonyl (C=O) groups is 1. The van der Waals surface area contributed by atoms with Crippen LogP contribution in [0.15, 0.2) is 53.0 Å². The predicted octanol–water partition coefficient (Wildman–Crippen LogP) is 3.81. The van der Waals surface area contributed by atoms with E-state index < -0.39 is 0 Å². The van der Waals surface area contributed by atoms with Gasteiger partial charge in [0.15, 0.2) is 0 Å². The molecule has 0 aromatic heterocycles. The summed E-state index contributed by atoms with van der Waals surface area (Å²) < 4.78 is 1.02. The molecule has 2 N–H and O–H groups in total. The summed E-state index contributed by atoms with van der Waals surface area (Å²) in [5.74, 6) is -0.0632. The Balaban J connectivity index is 1.84. The van der Waals surface area contributed by atoms with Gasteiger partial charge in [-0.05, 0) is 43.3 Å². The van der Waals surface area contributed by atoms with Gasteiger partial charge < -0.3 is 10.6 Å². The van der Waals surface area contributed by atoms with Crippen LogP contribution >= 0.6 is 15.9 Å². The second-order valence-corrected chi connectivity index (χ2v) is 5.19. The van der Waals surface area contributed by atoms with Crippen molar-refractivity contribution in [3.63, 3.8) is 0 Å². The van der Waals surface area contributed by atoms with Crippen LogP contribution in [0.2, 0.25) is 0 Å². The first-order valence-corrected chi connectivity index (χ1v) is 6.79. The molecule has 0 atom stereocenters. The summed E-state index contributed by atoms with van der Waals surface area (Å²) in [7, 11) is 0. The van der Waals surface area contributed by atoms with Crippen LogP contribution < -0.4 is 10.6 Å². The van der Waals surface area contributed by atoms with Crippen LogP contribution in [0.4, 0.5) is 11.4 Å². The maximum atomic E-state index is 11.8. The zero-order chi connectivity index (χ0) is 13.7. The Morgan fingerprint density at radius 2 is 1.58 bits per heavy atom. The second-order valence-electron chi connectivity index (χ2n) is 4.27. The van der Waals surface area contributed by atoms with Crippen molar-refractivity contribution in [3.8, 4) is 0 Å². The van der Waals surface area contributed by atoms with Gasteiger partial charge in [-0.25, -0.2) is 0 Å². The molecular weight excluding hydrogens is 304 g/mol. The average Bonchev–Trinajstić information content (AvgIpc) is 2.41. The number of hydrogen-bond donors (Lipinski definition) is 2. The number of anilines is 2. The monoisotopic (exact) mass is 318 g/mol. The second kappa shape index (κ2) is 6.38. The third-order valence-electron chi connectivity index (χ3n) is 2.63. The normalized spacial score (nSPS) is 10.0. The Morgan fingerprint density at radius 1 is 1.00 bits per heavy atom. The molecule has 19 heavy (non-hydrogen) atoms. The standard InChI is InChI=1S/C15H15BrN2O/c1-11-2-6-14(7-3-11)18-15(19)10-17-13-8-4-12(16)5-9-13/h2-9,17H,10H2,1H3,(H,18,19). The maximum Gasteiger partial charge on any atom is 0.243 e.